The highest BCUT2D eigenvalue weighted by molar-refractivity contribution is 5.54. The molecule has 2 heteroatoms. The highest BCUT2D eigenvalue weighted by atomic mass is 15.1. The molecule has 0 aliphatic heterocycles. The molecule has 0 aromatic heterocycles. The van der Waals surface area contributed by atoms with Crippen molar-refractivity contribution in [2.75, 3.05) is 30.9 Å². The van der Waals surface area contributed by atoms with Gasteiger partial charge < -0.3 is 10.2 Å². The predicted octanol–water partition coefficient (Wildman–Crippen LogP) is 6.09. The van der Waals surface area contributed by atoms with Crippen molar-refractivity contribution in [3.05, 3.63) is 24.3 Å². The van der Waals surface area contributed by atoms with E-state index in [1.807, 2.05) is 0 Å². The molecular formula is C20H36N2. The lowest BCUT2D eigenvalue weighted by atomic mass is 10.1. The van der Waals surface area contributed by atoms with Crippen molar-refractivity contribution in [1.29, 1.82) is 0 Å². The zero-order valence-corrected chi connectivity index (χ0v) is 15.0. The monoisotopic (exact) mass is 304 g/mol. The quantitative estimate of drug-likeness (QED) is 0.444. The molecule has 126 valence electrons. The molecular weight excluding hydrogens is 268 g/mol. The van der Waals surface area contributed by atoms with Crippen molar-refractivity contribution >= 4 is 11.4 Å². The average Bonchev–Trinajstić information content (AvgIpc) is 2.53. The minimum Gasteiger partial charge on any atom is -0.385 e. The van der Waals surface area contributed by atoms with Crippen LogP contribution in [0, 0.1) is 0 Å². The molecule has 0 bridgehead atoms. The summed E-state index contributed by atoms with van der Waals surface area (Å²) in [6.07, 6.45) is 14.0. The zero-order chi connectivity index (χ0) is 16.0. The summed E-state index contributed by atoms with van der Waals surface area (Å²) in [5.74, 6) is 0. The maximum absolute atomic E-state index is 3.52. The van der Waals surface area contributed by atoms with Crippen LogP contribution in [0.5, 0.6) is 0 Å². The van der Waals surface area contributed by atoms with E-state index in [1.165, 1.54) is 75.6 Å². The lowest BCUT2D eigenvalue weighted by molar-refractivity contribution is 0.560. The van der Waals surface area contributed by atoms with Gasteiger partial charge in [-0.2, -0.15) is 0 Å². The molecule has 0 spiro atoms. The summed E-state index contributed by atoms with van der Waals surface area (Å²) in [7, 11) is 4.15. The molecule has 0 fully saturated rings. The fourth-order valence-electron chi connectivity index (χ4n) is 2.72. The van der Waals surface area contributed by atoms with Gasteiger partial charge in [0.2, 0.25) is 0 Å². The molecule has 0 amide bonds. The molecule has 1 aromatic rings. The molecule has 0 radical (unpaired) electrons. The van der Waals surface area contributed by atoms with E-state index in [0.29, 0.717) is 0 Å². The second-order valence-electron chi connectivity index (χ2n) is 6.55. The first-order chi connectivity index (χ1) is 10.7. The second kappa shape index (κ2) is 12.4. The first-order valence-corrected chi connectivity index (χ1v) is 9.25. The van der Waals surface area contributed by atoms with E-state index in [-0.39, 0.29) is 0 Å². The van der Waals surface area contributed by atoms with Gasteiger partial charge in [-0.1, -0.05) is 64.7 Å². The van der Waals surface area contributed by atoms with Crippen LogP contribution in [-0.4, -0.2) is 20.6 Å². The Kier molecular flexibility index (Phi) is 10.6. The van der Waals surface area contributed by atoms with Crippen LogP contribution in [0.2, 0.25) is 0 Å². The normalized spacial score (nSPS) is 10.7. The summed E-state index contributed by atoms with van der Waals surface area (Å²) in [6, 6.07) is 8.68. The lowest BCUT2D eigenvalue weighted by Gasteiger charge is -2.13. The fraction of sp³-hybridized carbons (Fsp3) is 0.700. The van der Waals surface area contributed by atoms with Crippen LogP contribution in [0.4, 0.5) is 11.4 Å². The number of hydrogen-bond acceptors (Lipinski definition) is 2. The third-order valence-electron chi connectivity index (χ3n) is 4.24. The Labute approximate surface area is 138 Å². The number of nitrogens with one attached hydrogen (secondary N) is 1. The van der Waals surface area contributed by atoms with E-state index in [0.717, 1.165) is 6.54 Å². The highest BCUT2D eigenvalue weighted by Gasteiger charge is 1.96. The molecule has 1 N–H and O–H groups in total. The Balaban J connectivity index is 1.93. The molecule has 0 heterocycles. The van der Waals surface area contributed by atoms with E-state index >= 15 is 0 Å². The van der Waals surface area contributed by atoms with E-state index in [1.54, 1.807) is 0 Å². The largest absolute Gasteiger partial charge is 0.385 e. The van der Waals surface area contributed by atoms with Crippen LogP contribution >= 0.6 is 0 Å². The number of unbranched alkanes of at least 4 members (excludes halogenated alkanes) is 9. The Morgan fingerprint density at radius 1 is 0.727 bits per heavy atom. The molecule has 0 unspecified atom stereocenters. The van der Waals surface area contributed by atoms with Gasteiger partial charge in [-0.25, -0.2) is 0 Å². The van der Waals surface area contributed by atoms with Crippen LogP contribution in [0.3, 0.4) is 0 Å². The van der Waals surface area contributed by atoms with Crippen LogP contribution in [-0.2, 0) is 0 Å². The minimum absolute atomic E-state index is 1.10. The maximum atomic E-state index is 3.52. The Hall–Kier alpha value is -1.18. The molecule has 0 atom stereocenters. The van der Waals surface area contributed by atoms with Crippen molar-refractivity contribution < 1.29 is 0 Å². The van der Waals surface area contributed by atoms with Gasteiger partial charge in [0.25, 0.3) is 0 Å². The van der Waals surface area contributed by atoms with Crippen molar-refractivity contribution in [1.82, 2.24) is 0 Å². The van der Waals surface area contributed by atoms with Crippen molar-refractivity contribution in [2.45, 2.75) is 71.1 Å². The van der Waals surface area contributed by atoms with Crippen molar-refractivity contribution in [3.63, 3.8) is 0 Å². The summed E-state index contributed by atoms with van der Waals surface area (Å²) in [6.45, 7) is 3.38. The summed E-state index contributed by atoms with van der Waals surface area (Å²) >= 11 is 0. The van der Waals surface area contributed by atoms with Gasteiger partial charge in [0, 0.05) is 32.0 Å². The average molecular weight is 305 g/mol. The number of benzene rings is 1. The Bertz CT molecular complexity index is 356. The standard InChI is InChI=1S/C20H36N2/c1-4-5-6-7-8-9-10-11-12-13-18-21-19-14-16-20(17-15-19)22(2)3/h14-17,21H,4-13,18H2,1-3H3. The number of rotatable bonds is 13. The van der Waals surface area contributed by atoms with E-state index in [9.17, 15) is 0 Å². The molecule has 2 nitrogen and oxygen atoms in total. The van der Waals surface area contributed by atoms with Crippen LogP contribution in [0.15, 0.2) is 24.3 Å². The van der Waals surface area contributed by atoms with Crippen LogP contribution in [0.1, 0.15) is 71.1 Å². The molecule has 0 aliphatic carbocycles. The summed E-state index contributed by atoms with van der Waals surface area (Å²) in [5.41, 5.74) is 2.49. The highest BCUT2D eigenvalue weighted by Crippen LogP contribution is 2.16. The minimum atomic E-state index is 1.10. The summed E-state index contributed by atoms with van der Waals surface area (Å²) < 4.78 is 0. The molecule has 0 saturated carbocycles. The summed E-state index contributed by atoms with van der Waals surface area (Å²) in [5, 5.41) is 3.52. The number of hydrogen-bond donors (Lipinski definition) is 1. The third kappa shape index (κ3) is 8.96. The molecule has 22 heavy (non-hydrogen) atoms. The number of anilines is 2. The maximum Gasteiger partial charge on any atom is 0.0362 e. The van der Waals surface area contributed by atoms with Gasteiger partial charge in [-0.3, -0.25) is 0 Å². The predicted molar refractivity (Wildman–Crippen MR) is 101 cm³/mol. The van der Waals surface area contributed by atoms with Crippen molar-refractivity contribution in [3.8, 4) is 0 Å². The van der Waals surface area contributed by atoms with E-state index in [2.05, 4.69) is 55.5 Å². The first-order valence-electron chi connectivity index (χ1n) is 9.25. The SMILES string of the molecule is CCCCCCCCCCCCNc1ccc(N(C)C)cc1. The Morgan fingerprint density at radius 2 is 1.23 bits per heavy atom. The molecule has 1 rings (SSSR count). The number of nitrogens with zero attached hydrogens (tertiary/aromatic N) is 1. The Morgan fingerprint density at radius 3 is 1.73 bits per heavy atom. The van der Waals surface area contributed by atoms with Crippen LogP contribution < -0.4 is 10.2 Å². The second-order valence-corrected chi connectivity index (χ2v) is 6.55. The van der Waals surface area contributed by atoms with E-state index in [4.69, 9.17) is 0 Å². The van der Waals surface area contributed by atoms with Crippen molar-refractivity contribution in [2.24, 2.45) is 0 Å². The topological polar surface area (TPSA) is 15.3 Å². The van der Waals surface area contributed by atoms with Crippen LogP contribution in [0.25, 0.3) is 0 Å². The van der Waals surface area contributed by atoms with Gasteiger partial charge in [0.1, 0.15) is 0 Å². The molecule has 0 saturated heterocycles. The van der Waals surface area contributed by atoms with Gasteiger partial charge >= 0.3 is 0 Å². The molecule has 1 aromatic carbocycles. The zero-order valence-electron chi connectivity index (χ0n) is 15.0. The van der Waals surface area contributed by atoms with E-state index < -0.39 is 0 Å². The molecule has 0 aliphatic rings. The first kappa shape index (κ1) is 18.9. The van der Waals surface area contributed by atoms with Gasteiger partial charge in [0.05, 0.1) is 0 Å². The lowest BCUT2D eigenvalue weighted by Crippen LogP contribution is -2.08. The van der Waals surface area contributed by atoms with Gasteiger partial charge in [0.15, 0.2) is 0 Å². The smallest absolute Gasteiger partial charge is 0.0362 e. The van der Waals surface area contributed by atoms with Gasteiger partial charge in [-0.05, 0) is 30.7 Å². The van der Waals surface area contributed by atoms with Gasteiger partial charge in [-0.15, -0.1) is 0 Å². The third-order valence-corrected chi connectivity index (χ3v) is 4.24. The summed E-state index contributed by atoms with van der Waals surface area (Å²) in [4.78, 5) is 2.13. The fourth-order valence-corrected chi connectivity index (χ4v) is 2.72.